The Morgan fingerprint density at radius 3 is 2.24 bits per heavy atom. The van der Waals surface area contributed by atoms with E-state index in [-0.39, 0.29) is 17.5 Å². The maximum absolute atomic E-state index is 13.3. The molecule has 0 spiro atoms. The van der Waals surface area contributed by atoms with Gasteiger partial charge in [0.05, 0.1) is 17.0 Å². The van der Waals surface area contributed by atoms with E-state index in [4.69, 9.17) is 0 Å². The Bertz CT molecular complexity index is 1290. The van der Waals surface area contributed by atoms with Crippen LogP contribution in [-0.2, 0) is 10.0 Å². The third-order valence-electron chi connectivity index (χ3n) is 7.47. The third kappa shape index (κ3) is 5.79. The predicted octanol–water partition coefficient (Wildman–Crippen LogP) is 3.92. The topological polar surface area (TPSA) is 98.7 Å². The van der Waals surface area contributed by atoms with Gasteiger partial charge in [-0.25, -0.2) is 18.4 Å². The zero-order valence-corrected chi connectivity index (χ0v) is 22.2. The Labute approximate surface area is 219 Å². The number of aryl methyl sites for hydroxylation is 1. The van der Waals surface area contributed by atoms with Crippen LogP contribution in [0.5, 0.6) is 0 Å². The fourth-order valence-corrected chi connectivity index (χ4v) is 6.46. The molecule has 9 heteroatoms. The molecule has 1 aromatic carbocycles. The lowest BCUT2D eigenvalue weighted by atomic mass is 9.99. The van der Waals surface area contributed by atoms with Gasteiger partial charge in [0.25, 0.3) is 0 Å². The second kappa shape index (κ2) is 10.8. The number of nitrogens with zero attached hydrogens (tertiary/aromatic N) is 4. The molecule has 0 bridgehead atoms. The van der Waals surface area contributed by atoms with Crippen molar-refractivity contribution >= 4 is 21.7 Å². The van der Waals surface area contributed by atoms with Crippen molar-refractivity contribution < 1.29 is 13.5 Å². The normalized spacial score (nSPS) is 21.6. The van der Waals surface area contributed by atoms with E-state index in [2.05, 4.69) is 27.1 Å². The summed E-state index contributed by atoms with van der Waals surface area (Å²) in [5.41, 5.74) is 2.92. The summed E-state index contributed by atoms with van der Waals surface area (Å²) in [7, 11) is -3.71. The van der Waals surface area contributed by atoms with Crippen molar-refractivity contribution in [2.45, 2.75) is 50.2 Å². The van der Waals surface area contributed by atoms with E-state index in [1.807, 2.05) is 49.5 Å². The van der Waals surface area contributed by atoms with Crippen LogP contribution in [0.25, 0.3) is 11.1 Å². The van der Waals surface area contributed by atoms with Crippen LogP contribution in [0.4, 0.5) is 11.6 Å². The monoisotopic (exact) mass is 521 g/mol. The average molecular weight is 522 g/mol. The van der Waals surface area contributed by atoms with E-state index in [9.17, 15) is 13.5 Å². The number of β-amino-alcohol motifs (C(OH)–C–C–N with tert-alkyl or cyclic N) is 1. The molecule has 0 radical (unpaired) electrons. The molecule has 3 aromatic rings. The fraction of sp³-hybridized carbons (Fsp3) is 0.429. The summed E-state index contributed by atoms with van der Waals surface area (Å²) in [5.74, 6) is 2.44. The summed E-state index contributed by atoms with van der Waals surface area (Å²) < 4.78 is 27.9. The van der Waals surface area contributed by atoms with Crippen molar-refractivity contribution in [2.24, 2.45) is 5.92 Å². The van der Waals surface area contributed by atoms with Crippen LogP contribution in [0, 0.1) is 12.8 Å². The smallest absolute Gasteiger partial charge is 0.243 e. The average Bonchev–Trinajstić information content (AvgIpc) is 2.91. The summed E-state index contributed by atoms with van der Waals surface area (Å²) in [6.45, 7) is 6.68. The van der Waals surface area contributed by atoms with E-state index in [0.717, 1.165) is 41.5 Å². The quantitative estimate of drug-likeness (QED) is 0.507. The highest BCUT2D eigenvalue weighted by Crippen LogP contribution is 2.27. The molecule has 2 fully saturated rings. The summed E-state index contributed by atoms with van der Waals surface area (Å²) >= 11 is 0. The molecule has 196 valence electrons. The van der Waals surface area contributed by atoms with Crippen LogP contribution >= 0.6 is 0 Å². The van der Waals surface area contributed by atoms with Crippen molar-refractivity contribution in [3.63, 3.8) is 0 Å². The molecule has 37 heavy (non-hydrogen) atoms. The predicted molar refractivity (Wildman–Crippen MR) is 146 cm³/mol. The van der Waals surface area contributed by atoms with E-state index in [1.54, 1.807) is 18.3 Å². The molecule has 0 saturated carbocycles. The molecule has 2 aliphatic heterocycles. The Hall–Kier alpha value is -3.01. The Morgan fingerprint density at radius 2 is 1.62 bits per heavy atom. The second-order valence-electron chi connectivity index (χ2n) is 10.3. The maximum Gasteiger partial charge on any atom is 0.243 e. The van der Waals surface area contributed by atoms with Crippen molar-refractivity contribution in [3.8, 4) is 11.1 Å². The van der Waals surface area contributed by atoms with Gasteiger partial charge in [0, 0.05) is 44.1 Å². The van der Waals surface area contributed by atoms with Crippen LogP contribution in [0.3, 0.4) is 0 Å². The minimum Gasteiger partial charge on any atom is -0.390 e. The number of hydrogen-bond acceptors (Lipinski definition) is 7. The molecule has 2 N–H and O–H groups in total. The van der Waals surface area contributed by atoms with Crippen LogP contribution < -0.4 is 10.2 Å². The number of anilines is 2. The van der Waals surface area contributed by atoms with Crippen molar-refractivity contribution in [1.29, 1.82) is 0 Å². The Morgan fingerprint density at radius 1 is 0.892 bits per heavy atom. The minimum atomic E-state index is -3.71. The number of nitrogens with one attached hydrogen (secondary N) is 1. The van der Waals surface area contributed by atoms with Gasteiger partial charge in [-0.2, -0.15) is 4.31 Å². The van der Waals surface area contributed by atoms with Gasteiger partial charge < -0.3 is 15.3 Å². The van der Waals surface area contributed by atoms with Crippen LogP contribution in [-0.4, -0.2) is 66.1 Å². The SMILES string of the molecule is Cc1ccc(N[C@@H]2CCN(S(=O)(=O)c3ccc(-c4ccc(N5CCC(C)CC5)nc4)cc3)C[C@@H]2O)nc1. The summed E-state index contributed by atoms with van der Waals surface area (Å²) in [5, 5.41) is 13.9. The van der Waals surface area contributed by atoms with Crippen molar-refractivity contribution in [2.75, 3.05) is 36.4 Å². The molecule has 4 heterocycles. The van der Waals surface area contributed by atoms with Crippen LogP contribution in [0.1, 0.15) is 31.7 Å². The highest BCUT2D eigenvalue weighted by molar-refractivity contribution is 7.89. The zero-order chi connectivity index (χ0) is 26.0. The molecule has 2 saturated heterocycles. The first kappa shape index (κ1) is 25.6. The Kier molecular flexibility index (Phi) is 7.46. The van der Waals surface area contributed by atoms with Gasteiger partial charge in [-0.3, -0.25) is 0 Å². The van der Waals surface area contributed by atoms with Gasteiger partial charge in [0.1, 0.15) is 11.6 Å². The number of hydrogen-bond donors (Lipinski definition) is 2. The van der Waals surface area contributed by atoms with E-state index < -0.39 is 16.1 Å². The molecule has 0 amide bonds. The van der Waals surface area contributed by atoms with Gasteiger partial charge in [-0.05, 0) is 73.6 Å². The first-order valence-electron chi connectivity index (χ1n) is 13.0. The first-order valence-corrected chi connectivity index (χ1v) is 14.4. The lowest BCUT2D eigenvalue weighted by Crippen LogP contribution is -2.51. The number of aromatic nitrogens is 2. The van der Waals surface area contributed by atoms with E-state index in [1.165, 1.54) is 17.1 Å². The van der Waals surface area contributed by atoms with Gasteiger partial charge >= 0.3 is 0 Å². The Balaban J connectivity index is 1.22. The van der Waals surface area contributed by atoms with Crippen LogP contribution in [0.15, 0.2) is 65.8 Å². The summed E-state index contributed by atoms with van der Waals surface area (Å²) in [6.07, 6.45) is 5.65. The molecule has 2 aromatic heterocycles. The lowest BCUT2D eigenvalue weighted by molar-refractivity contribution is 0.0949. The number of pyridine rings is 2. The molecular weight excluding hydrogens is 486 g/mol. The van der Waals surface area contributed by atoms with Crippen LogP contribution in [0.2, 0.25) is 0 Å². The van der Waals surface area contributed by atoms with E-state index >= 15 is 0 Å². The maximum atomic E-state index is 13.3. The molecule has 2 atom stereocenters. The van der Waals surface area contributed by atoms with Gasteiger partial charge in [-0.1, -0.05) is 25.1 Å². The standard InChI is InChI=1S/C28H35N5O3S/c1-20-11-14-32(15-12-20)28-10-6-23(18-30-28)22-4-7-24(8-5-22)37(35,36)33-16-13-25(26(34)19-33)31-27-9-3-21(2)17-29-27/h3-10,17-18,20,25-26,34H,11-16,19H2,1-2H3,(H,29,31)/t25-,26+/m1/s1. The molecule has 0 unspecified atom stereocenters. The van der Waals surface area contributed by atoms with Gasteiger partial charge in [-0.15, -0.1) is 0 Å². The zero-order valence-electron chi connectivity index (χ0n) is 21.4. The number of rotatable bonds is 6. The molecular formula is C28H35N5O3S. The summed E-state index contributed by atoms with van der Waals surface area (Å²) in [4.78, 5) is 11.5. The third-order valence-corrected chi connectivity index (χ3v) is 9.35. The summed E-state index contributed by atoms with van der Waals surface area (Å²) in [6, 6.07) is 14.6. The molecule has 0 aliphatic carbocycles. The highest BCUT2D eigenvalue weighted by atomic mass is 32.2. The minimum absolute atomic E-state index is 0.0360. The first-order chi connectivity index (χ1) is 17.8. The molecule has 5 rings (SSSR count). The fourth-order valence-electron chi connectivity index (χ4n) is 4.98. The molecule has 8 nitrogen and oxygen atoms in total. The van der Waals surface area contributed by atoms with Crippen molar-refractivity contribution in [1.82, 2.24) is 14.3 Å². The van der Waals surface area contributed by atoms with Gasteiger partial charge in [0.15, 0.2) is 0 Å². The number of sulfonamides is 1. The largest absolute Gasteiger partial charge is 0.390 e. The number of aliphatic hydroxyl groups is 1. The number of benzene rings is 1. The number of aliphatic hydroxyl groups excluding tert-OH is 1. The number of piperidine rings is 2. The highest BCUT2D eigenvalue weighted by Gasteiger charge is 2.35. The van der Waals surface area contributed by atoms with Crippen molar-refractivity contribution in [3.05, 3.63) is 66.5 Å². The lowest BCUT2D eigenvalue weighted by Gasteiger charge is -2.35. The molecule has 2 aliphatic rings. The second-order valence-corrected chi connectivity index (χ2v) is 12.2. The van der Waals surface area contributed by atoms with E-state index in [0.29, 0.717) is 18.8 Å². The van der Waals surface area contributed by atoms with Gasteiger partial charge in [0.2, 0.25) is 10.0 Å².